The Kier molecular flexibility index (Phi) is 3.56. The predicted octanol–water partition coefficient (Wildman–Crippen LogP) is 1.16. The van der Waals surface area contributed by atoms with E-state index in [-0.39, 0.29) is 18.2 Å². The zero-order valence-electron chi connectivity index (χ0n) is 11.0. The molecule has 1 unspecified atom stereocenters. The molecule has 1 aliphatic heterocycles. The van der Waals surface area contributed by atoms with Crippen molar-refractivity contribution in [3.05, 3.63) is 21.4 Å². The lowest BCUT2D eigenvalue weighted by molar-refractivity contribution is -0.134. The number of thiophene rings is 1. The summed E-state index contributed by atoms with van der Waals surface area (Å²) in [6, 6.07) is 1.35. The zero-order valence-corrected chi connectivity index (χ0v) is 11.8. The van der Waals surface area contributed by atoms with Gasteiger partial charge < -0.3 is 5.32 Å². The molecule has 6 heteroatoms. The van der Waals surface area contributed by atoms with Gasteiger partial charge in [-0.05, 0) is 43.7 Å². The summed E-state index contributed by atoms with van der Waals surface area (Å²) >= 11 is 1.52. The fraction of sp³-hybridized carbons (Fsp3) is 0.500. The Labute approximate surface area is 120 Å². The third kappa shape index (κ3) is 2.60. The molecule has 5 nitrogen and oxygen atoms in total. The number of hydrogen-bond donors (Lipinski definition) is 2. The number of hydrogen-bond acceptors (Lipinski definition) is 4. The number of carbonyl (C=O) groups excluding carboxylic acids is 3. The minimum atomic E-state index is -0.598. The molecule has 20 heavy (non-hydrogen) atoms. The van der Waals surface area contributed by atoms with E-state index in [2.05, 4.69) is 10.6 Å². The molecule has 1 atom stereocenters. The van der Waals surface area contributed by atoms with E-state index < -0.39 is 11.9 Å². The van der Waals surface area contributed by atoms with E-state index in [0.717, 1.165) is 12.8 Å². The lowest BCUT2D eigenvalue weighted by atomic mass is 9.99. The van der Waals surface area contributed by atoms with E-state index in [0.29, 0.717) is 11.3 Å². The standard InChI is InChI=1S/C14H16N2O3S/c17-12-6-5-9(13(18)16-12)15-14(19)11-7-8-3-1-2-4-10(8)20-11/h7,9H,1-6H2,(H,15,19)(H,16,17,18). The Balaban J connectivity index is 1.68. The van der Waals surface area contributed by atoms with Gasteiger partial charge >= 0.3 is 0 Å². The van der Waals surface area contributed by atoms with Crippen molar-refractivity contribution in [3.63, 3.8) is 0 Å². The summed E-state index contributed by atoms with van der Waals surface area (Å²) in [5.41, 5.74) is 1.27. The van der Waals surface area contributed by atoms with Crippen molar-refractivity contribution in [2.75, 3.05) is 0 Å². The van der Waals surface area contributed by atoms with Gasteiger partial charge in [0, 0.05) is 11.3 Å². The van der Waals surface area contributed by atoms with Gasteiger partial charge in [-0.1, -0.05) is 0 Å². The van der Waals surface area contributed by atoms with Crippen LogP contribution < -0.4 is 10.6 Å². The highest BCUT2D eigenvalue weighted by atomic mass is 32.1. The number of rotatable bonds is 2. The van der Waals surface area contributed by atoms with Crippen molar-refractivity contribution in [2.45, 2.75) is 44.6 Å². The van der Waals surface area contributed by atoms with Crippen LogP contribution in [0.1, 0.15) is 45.8 Å². The monoisotopic (exact) mass is 292 g/mol. The molecule has 0 radical (unpaired) electrons. The molecule has 0 aromatic carbocycles. The molecule has 0 spiro atoms. The SMILES string of the molecule is O=C1CCC(NC(=O)c2cc3c(s2)CCCC3)C(=O)N1. The first-order valence-corrected chi connectivity index (χ1v) is 7.71. The molecule has 106 valence electrons. The second-order valence-electron chi connectivity index (χ2n) is 5.24. The van der Waals surface area contributed by atoms with Crippen LogP contribution in [0.4, 0.5) is 0 Å². The first-order chi connectivity index (χ1) is 9.63. The molecule has 1 aromatic rings. The average Bonchev–Trinajstić information content (AvgIpc) is 2.86. The highest BCUT2D eigenvalue weighted by Crippen LogP contribution is 2.29. The van der Waals surface area contributed by atoms with E-state index in [4.69, 9.17) is 0 Å². The van der Waals surface area contributed by atoms with Crippen LogP contribution in [0, 0.1) is 0 Å². The largest absolute Gasteiger partial charge is 0.340 e. The minimum Gasteiger partial charge on any atom is -0.340 e. The lowest BCUT2D eigenvalue weighted by Gasteiger charge is -2.21. The topological polar surface area (TPSA) is 75.3 Å². The summed E-state index contributed by atoms with van der Waals surface area (Å²) in [6.45, 7) is 0. The van der Waals surface area contributed by atoms with E-state index in [9.17, 15) is 14.4 Å². The second-order valence-corrected chi connectivity index (χ2v) is 6.38. The van der Waals surface area contributed by atoms with Crippen LogP contribution in [0.3, 0.4) is 0 Å². The number of fused-ring (bicyclic) bond motifs is 1. The number of carbonyl (C=O) groups is 3. The van der Waals surface area contributed by atoms with Crippen LogP contribution in [0.15, 0.2) is 6.07 Å². The Morgan fingerprint density at radius 3 is 2.80 bits per heavy atom. The second kappa shape index (κ2) is 5.36. The van der Waals surface area contributed by atoms with Gasteiger partial charge in [-0.3, -0.25) is 19.7 Å². The molecular formula is C14H16N2O3S. The Bertz CT molecular complexity index is 555. The Morgan fingerprint density at radius 1 is 1.25 bits per heavy atom. The fourth-order valence-corrected chi connectivity index (χ4v) is 3.82. The van der Waals surface area contributed by atoms with Crippen LogP contribution in [0.2, 0.25) is 0 Å². The summed E-state index contributed by atoms with van der Waals surface area (Å²) in [5, 5.41) is 4.97. The van der Waals surface area contributed by atoms with Gasteiger partial charge in [0.2, 0.25) is 11.8 Å². The molecule has 0 saturated carbocycles. The summed E-state index contributed by atoms with van der Waals surface area (Å²) in [5.74, 6) is -0.887. The summed E-state index contributed by atoms with van der Waals surface area (Å²) in [4.78, 5) is 36.8. The summed E-state index contributed by atoms with van der Waals surface area (Å²) < 4.78 is 0. The van der Waals surface area contributed by atoms with Crippen molar-refractivity contribution in [2.24, 2.45) is 0 Å². The predicted molar refractivity (Wildman–Crippen MR) is 74.6 cm³/mol. The maximum atomic E-state index is 12.2. The van der Waals surface area contributed by atoms with Crippen molar-refractivity contribution in [3.8, 4) is 0 Å². The molecule has 2 N–H and O–H groups in total. The quantitative estimate of drug-likeness (QED) is 0.803. The smallest absolute Gasteiger partial charge is 0.262 e. The number of aryl methyl sites for hydroxylation is 2. The summed E-state index contributed by atoms with van der Waals surface area (Å²) in [6.07, 6.45) is 5.10. The van der Waals surface area contributed by atoms with Crippen molar-refractivity contribution >= 4 is 29.1 Å². The molecule has 1 aliphatic carbocycles. The van der Waals surface area contributed by atoms with E-state index >= 15 is 0 Å². The average molecular weight is 292 g/mol. The van der Waals surface area contributed by atoms with Gasteiger partial charge in [0.05, 0.1) is 4.88 Å². The molecule has 3 amide bonds. The van der Waals surface area contributed by atoms with Gasteiger partial charge in [-0.2, -0.15) is 0 Å². The third-order valence-electron chi connectivity index (χ3n) is 3.76. The minimum absolute atomic E-state index is 0.209. The highest BCUT2D eigenvalue weighted by Gasteiger charge is 2.28. The molecule has 1 fully saturated rings. The molecule has 3 rings (SSSR count). The van der Waals surface area contributed by atoms with Gasteiger partial charge in [0.1, 0.15) is 6.04 Å². The molecule has 1 aromatic heterocycles. The third-order valence-corrected chi connectivity index (χ3v) is 5.00. The lowest BCUT2D eigenvalue weighted by Crippen LogP contribution is -2.52. The zero-order chi connectivity index (χ0) is 14.1. The number of amides is 3. The van der Waals surface area contributed by atoms with Crippen molar-refractivity contribution < 1.29 is 14.4 Å². The maximum Gasteiger partial charge on any atom is 0.262 e. The van der Waals surface area contributed by atoms with Crippen LogP contribution in [0.25, 0.3) is 0 Å². The molecule has 1 saturated heterocycles. The fourth-order valence-electron chi connectivity index (χ4n) is 2.66. The normalized spacial score (nSPS) is 22.1. The van der Waals surface area contributed by atoms with Crippen LogP contribution >= 0.6 is 11.3 Å². The molecule has 2 aliphatic rings. The molecule has 2 heterocycles. The van der Waals surface area contributed by atoms with Gasteiger partial charge in [-0.15, -0.1) is 11.3 Å². The number of nitrogens with one attached hydrogen (secondary N) is 2. The van der Waals surface area contributed by atoms with Gasteiger partial charge in [0.15, 0.2) is 0 Å². The molecular weight excluding hydrogens is 276 g/mol. The summed E-state index contributed by atoms with van der Waals surface area (Å²) in [7, 11) is 0. The van der Waals surface area contributed by atoms with Crippen molar-refractivity contribution in [1.29, 1.82) is 0 Å². The van der Waals surface area contributed by atoms with Crippen LogP contribution in [0.5, 0.6) is 0 Å². The van der Waals surface area contributed by atoms with Gasteiger partial charge in [0.25, 0.3) is 5.91 Å². The van der Waals surface area contributed by atoms with Gasteiger partial charge in [-0.25, -0.2) is 0 Å². The number of piperidine rings is 1. The first kappa shape index (κ1) is 13.3. The first-order valence-electron chi connectivity index (χ1n) is 6.89. The molecule has 0 bridgehead atoms. The Morgan fingerprint density at radius 2 is 2.05 bits per heavy atom. The van der Waals surface area contributed by atoms with Crippen LogP contribution in [-0.2, 0) is 22.4 Å². The van der Waals surface area contributed by atoms with Crippen molar-refractivity contribution in [1.82, 2.24) is 10.6 Å². The van der Waals surface area contributed by atoms with Crippen LogP contribution in [-0.4, -0.2) is 23.8 Å². The maximum absolute atomic E-state index is 12.2. The Hall–Kier alpha value is -1.69. The van der Waals surface area contributed by atoms with E-state index in [1.165, 1.54) is 34.6 Å². The van der Waals surface area contributed by atoms with E-state index in [1.54, 1.807) is 0 Å². The van der Waals surface area contributed by atoms with E-state index in [1.807, 2.05) is 6.07 Å². The number of imide groups is 1. The highest BCUT2D eigenvalue weighted by molar-refractivity contribution is 7.14.